The Morgan fingerprint density at radius 3 is 2.47 bits per heavy atom. The van der Waals surface area contributed by atoms with E-state index in [2.05, 4.69) is 5.32 Å². The summed E-state index contributed by atoms with van der Waals surface area (Å²) in [7, 11) is 0. The highest BCUT2D eigenvalue weighted by atomic mass is 16.6. The molecule has 6 nitrogen and oxygen atoms in total. The normalized spacial score (nSPS) is 9.33. The molecule has 0 aliphatic rings. The smallest absolute Gasteiger partial charge is 0.269 e. The number of ketones is 1. The molecule has 0 aliphatic heterocycles. The Balaban J connectivity index is 2.75. The Morgan fingerprint density at radius 2 is 2.00 bits per heavy atom. The third-order valence-corrected chi connectivity index (χ3v) is 1.75. The third-order valence-electron chi connectivity index (χ3n) is 1.75. The molecule has 0 saturated heterocycles. The molecule has 78 valence electrons. The zero-order valence-corrected chi connectivity index (χ0v) is 7.67. The number of hydrogen-bond donors (Lipinski definition) is 1. The van der Waals surface area contributed by atoms with Gasteiger partial charge < -0.3 is 5.32 Å². The lowest BCUT2D eigenvalue weighted by Gasteiger charge is -1.98. The van der Waals surface area contributed by atoms with Crippen LogP contribution in [0.15, 0.2) is 24.3 Å². The lowest BCUT2D eigenvalue weighted by molar-refractivity contribution is -0.384. The number of Topliss-reactive ketones (excluding diaryl/α,β-unsaturated/α-hetero) is 1. The van der Waals surface area contributed by atoms with Crippen molar-refractivity contribution in [3.05, 3.63) is 39.9 Å². The van der Waals surface area contributed by atoms with E-state index in [1.54, 1.807) is 0 Å². The maximum Gasteiger partial charge on any atom is 0.269 e. The maximum atomic E-state index is 11.3. The van der Waals surface area contributed by atoms with Crippen LogP contribution in [0.5, 0.6) is 0 Å². The number of carbonyl (C=O) groups is 2. The molecular weight excluding hydrogens is 200 g/mol. The lowest BCUT2D eigenvalue weighted by atomic mass is 10.1. The third kappa shape index (κ3) is 2.87. The molecule has 1 aromatic rings. The highest BCUT2D eigenvalue weighted by molar-refractivity contribution is 5.98. The zero-order valence-electron chi connectivity index (χ0n) is 7.67. The van der Waals surface area contributed by atoms with Crippen molar-refractivity contribution in [1.29, 1.82) is 0 Å². The fourth-order valence-corrected chi connectivity index (χ4v) is 1.01. The summed E-state index contributed by atoms with van der Waals surface area (Å²) in [5.41, 5.74) is 0.254. The van der Waals surface area contributed by atoms with Crippen LogP contribution in [0.25, 0.3) is 0 Å². The molecule has 0 aliphatic carbocycles. The lowest BCUT2D eigenvalue weighted by Crippen LogP contribution is -2.21. The van der Waals surface area contributed by atoms with Gasteiger partial charge in [-0.15, -0.1) is 0 Å². The average Bonchev–Trinajstić information content (AvgIpc) is 2.26. The van der Waals surface area contributed by atoms with Crippen molar-refractivity contribution in [1.82, 2.24) is 5.32 Å². The van der Waals surface area contributed by atoms with E-state index in [0.717, 1.165) is 0 Å². The van der Waals surface area contributed by atoms with E-state index >= 15 is 0 Å². The van der Waals surface area contributed by atoms with E-state index in [4.69, 9.17) is 0 Å². The molecule has 0 aromatic heterocycles. The van der Waals surface area contributed by atoms with Crippen LogP contribution in [0, 0.1) is 10.1 Å². The second kappa shape index (κ2) is 4.85. The highest BCUT2D eigenvalue weighted by Gasteiger charge is 2.08. The predicted molar refractivity (Wildman–Crippen MR) is 51.5 cm³/mol. The number of nitro benzene ring substituents is 1. The van der Waals surface area contributed by atoms with Crippen molar-refractivity contribution >= 4 is 17.9 Å². The van der Waals surface area contributed by atoms with Crippen LogP contribution in [0.2, 0.25) is 0 Å². The van der Waals surface area contributed by atoms with Gasteiger partial charge in [-0.05, 0) is 12.1 Å². The first kappa shape index (κ1) is 10.8. The molecule has 1 N–H and O–H groups in total. The minimum absolute atomic E-state index is 0.0742. The fraction of sp³-hybridized carbons (Fsp3) is 0.111. The van der Waals surface area contributed by atoms with Gasteiger partial charge in [0.15, 0.2) is 5.78 Å². The van der Waals surface area contributed by atoms with Crippen molar-refractivity contribution < 1.29 is 14.5 Å². The number of benzene rings is 1. The molecule has 0 radical (unpaired) electrons. The van der Waals surface area contributed by atoms with E-state index in [0.29, 0.717) is 12.0 Å². The van der Waals surface area contributed by atoms with E-state index in [1.165, 1.54) is 24.3 Å². The molecule has 0 spiro atoms. The number of non-ortho nitro benzene ring substituents is 1. The molecular formula is C9H8N2O4. The van der Waals surface area contributed by atoms with Crippen LogP contribution in [0.3, 0.4) is 0 Å². The summed E-state index contributed by atoms with van der Waals surface area (Å²) in [5, 5.41) is 12.5. The number of amides is 1. The van der Waals surface area contributed by atoms with Crippen molar-refractivity contribution in [3.8, 4) is 0 Å². The van der Waals surface area contributed by atoms with Crippen LogP contribution in [0.4, 0.5) is 5.69 Å². The SMILES string of the molecule is O=CNCC(=O)c1ccc([N+](=O)[O-])cc1. The molecule has 0 fully saturated rings. The second-order valence-corrected chi connectivity index (χ2v) is 2.73. The van der Waals surface area contributed by atoms with Crippen molar-refractivity contribution in [3.63, 3.8) is 0 Å². The molecule has 1 rings (SSSR count). The number of nitro groups is 1. The van der Waals surface area contributed by atoms with Crippen LogP contribution in [-0.4, -0.2) is 23.7 Å². The summed E-state index contributed by atoms with van der Waals surface area (Å²) < 4.78 is 0. The minimum Gasteiger partial charge on any atom is -0.351 e. The van der Waals surface area contributed by atoms with Gasteiger partial charge in [-0.2, -0.15) is 0 Å². The Morgan fingerprint density at radius 1 is 1.40 bits per heavy atom. The van der Waals surface area contributed by atoms with Gasteiger partial charge in [0.25, 0.3) is 5.69 Å². The molecule has 0 atom stereocenters. The minimum atomic E-state index is -0.544. The number of nitrogens with one attached hydrogen (secondary N) is 1. The first-order valence-corrected chi connectivity index (χ1v) is 4.10. The number of nitrogens with zero attached hydrogens (tertiary/aromatic N) is 1. The molecule has 15 heavy (non-hydrogen) atoms. The maximum absolute atomic E-state index is 11.3. The monoisotopic (exact) mass is 208 g/mol. The van der Waals surface area contributed by atoms with Gasteiger partial charge in [0.1, 0.15) is 0 Å². The van der Waals surface area contributed by atoms with Crippen LogP contribution < -0.4 is 5.32 Å². The van der Waals surface area contributed by atoms with Gasteiger partial charge in [-0.25, -0.2) is 0 Å². The van der Waals surface area contributed by atoms with Crippen LogP contribution in [-0.2, 0) is 4.79 Å². The molecule has 0 saturated carbocycles. The quantitative estimate of drug-likeness (QED) is 0.330. The molecule has 0 heterocycles. The Hall–Kier alpha value is -2.24. The number of hydrogen-bond acceptors (Lipinski definition) is 4. The van der Waals surface area contributed by atoms with Crippen molar-refractivity contribution in [2.24, 2.45) is 0 Å². The predicted octanol–water partition coefficient (Wildman–Crippen LogP) is 0.523. The van der Waals surface area contributed by atoms with Crippen molar-refractivity contribution in [2.45, 2.75) is 0 Å². The van der Waals surface area contributed by atoms with Crippen LogP contribution in [0.1, 0.15) is 10.4 Å². The van der Waals surface area contributed by atoms with E-state index in [9.17, 15) is 19.7 Å². The van der Waals surface area contributed by atoms with Gasteiger partial charge in [0.2, 0.25) is 6.41 Å². The first-order valence-electron chi connectivity index (χ1n) is 4.10. The van der Waals surface area contributed by atoms with E-state index in [1.807, 2.05) is 0 Å². The number of rotatable bonds is 5. The van der Waals surface area contributed by atoms with Crippen molar-refractivity contribution in [2.75, 3.05) is 6.54 Å². The molecule has 1 aromatic carbocycles. The zero-order chi connectivity index (χ0) is 11.3. The number of carbonyl (C=O) groups excluding carboxylic acids is 2. The molecule has 0 unspecified atom stereocenters. The van der Waals surface area contributed by atoms with Gasteiger partial charge in [-0.1, -0.05) is 0 Å². The van der Waals surface area contributed by atoms with Gasteiger partial charge in [0, 0.05) is 17.7 Å². The summed E-state index contributed by atoms with van der Waals surface area (Å²) in [6.45, 7) is -0.110. The Bertz CT molecular complexity index is 386. The Labute approximate surface area is 85.1 Å². The molecule has 6 heteroatoms. The summed E-state index contributed by atoms with van der Waals surface area (Å²) in [4.78, 5) is 31.0. The summed E-state index contributed by atoms with van der Waals surface area (Å²) in [6.07, 6.45) is 0.420. The second-order valence-electron chi connectivity index (χ2n) is 2.73. The standard InChI is InChI=1S/C9H8N2O4/c12-6-10-5-9(13)7-1-3-8(4-2-7)11(14)15/h1-4,6H,5H2,(H,10,12). The largest absolute Gasteiger partial charge is 0.351 e. The fourth-order valence-electron chi connectivity index (χ4n) is 1.01. The van der Waals surface area contributed by atoms with Gasteiger partial charge in [-0.3, -0.25) is 19.7 Å². The van der Waals surface area contributed by atoms with Gasteiger partial charge >= 0.3 is 0 Å². The van der Waals surface area contributed by atoms with Crippen LogP contribution >= 0.6 is 0 Å². The first-order chi connectivity index (χ1) is 7.15. The topological polar surface area (TPSA) is 89.3 Å². The Kier molecular flexibility index (Phi) is 3.50. The summed E-state index contributed by atoms with van der Waals surface area (Å²) >= 11 is 0. The summed E-state index contributed by atoms with van der Waals surface area (Å²) in [5.74, 6) is -0.294. The van der Waals surface area contributed by atoms with Gasteiger partial charge in [0.05, 0.1) is 11.5 Å². The average molecular weight is 208 g/mol. The molecule has 0 bridgehead atoms. The van der Waals surface area contributed by atoms with E-state index < -0.39 is 4.92 Å². The summed E-state index contributed by atoms with van der Waals surface area (Å²) in [6, 6.07) is 5.20. The highest BCUT2D eigenvalue weighted by Crippen LogP contribution is 2.11. The van der Waals surface area contributed by atoms with E-state index in [-0.39, 0.29) is 18.0 Å². The molecule has 1 amide bonds.